The SMILES string of the molecule is O=C(Cc1ccc(Cl)cc1)NCc1ccc(-c2ccoc2)nc1. The number of carbonyl (C=O) groups excluding carboxylic acids is 1. The molecular formula is C18H15ClN2O2. The molecule has 0 saturated carbocycles. The van der Waals surface area contributed by atoms with Crippen LogP contribution in [-0.2, 0) is 17.8 Å². The number of benzene rings is 1. The van der Waals surface area contributed by atoms with E-state index < -0.39 is 0 Å². The predicted molar refractivity (Wildman–Crippen MR) is 88.9 cm³/mol. The zero-order valence-electron chi connectivity index (χ0n) is 12.3. The third kappa shape index (κ3) is 4.20. The Kier molecular flexibility index (Phi) is 4.74. The van der Waals surface area contributed by atoms with Crippen LogP contribution in [0.2, 0.25) is 5.02 Å². The van der Waals surface area contributed by atoms with Crippen LogP contribution in [-0.4, -0.2) is 10.9 Å². The smallest absolute Gasteiger partial charge is 0.224 e. The van der Waals surface area contributed by atoms with Gasteiger partial charge in [0, 0.05) is 23.3 Å². The average Bonchev–Trinajstić information content (AvgIpc) is 3.10. The molecule has 2 aromatic heterocycles. The van der Waals surface area contributed by atoms with Gasteiger partial charge in [0.25, 0.3) is 0 Å². The summed E-state index contributed by atoms with van der Waals surface area (Å²) in [5.74, 6) is -0.0359. The molecule has 3 aromatic rings. The van der Waals surface area contributed by atoms with Crippen molar-refractivity contribution in [2.24, 2.45) is 0 Å². The standard InChI is InChI=1S/C18H15ClN2O2/c19-16-4-1-13(2-5-16)9-18(22)21-11-14-3-6-17(20-10-14)15-7-8-23-12-15/h1-8,10,12H,9,11H2,(H,21,22). The zero-order chi connectivity index (χ0) is 16.1. The zero-order valence-corrected chi connectivity index (χ0v) is 13.1. The highest BCUT2D eigenvalue weighted by molar-refractivity contribution is 6.30. The summed E-state index contributed by atoms with van der Waals surface area (Å²) >= 11 is 5.83. The van der Waals surface area contributed by atoms with Crippen molar-refractivity contribution in [3.63, 3.8) is 0 Å². The van der Waals surface area contributed by atoms with Gasteiger partial charge in [-0.3, -0.25) is 9.78 Å². The van der Waals surface area contributed by atoms with Gasteiger partial charge in [-0.2, -0.15) is 0 Å². The van der Waals surface area contributed by atoms with Crippen molar-refractivity contribution in [1.29, 1.82) is 0 Å². The van der Waals surface area contributed by atoms with Crippen LogP contribution < -0.4 is 5.32 Å². The van der Waals surface area contributed by atoms with Crippen LogP contribution in [0.1, 0.15) is 11.1 Å². The quantitative estimate of drug-likeness (QED) is 0.774. The van der Waals surface area contributed by atoms with Gasteiger partial charge in [-0.15, -0.1) is 0 Å². The van der Waals surface area contributed by atoms with Crippen LogP contribution in [0, 0.1) is 0 Å². The Morgan fingerprint density at radius 1 is 1.09 bits per heavy atom. The molecule has 0 unspecified atom stereocenters. The fourth-order valence-electron chi connectivity index (χ4n) is 2.16. The van der Waals surface area contributed by atoms with Crippen molar-refractivity contribution in [2.45, 2.75) is 13.0 Å². The highest BCUT2D eigenvalue weighted by Crippen LogP contribution is 2.17. The van der Waals surface area contributed by atoms with Crippen molar-refractivity contribution >= 4 is 17.5 Å². The van der Waals surface area contributed by atoms with Gasteiger partial charge in [-0.05, 0) is 35.4 Å². The molecule has 116 valence electrons. The van der Waals surface area contributed by atoms with E-state index in [-0.39, 0.29) is 5.91 Å². The van der Waals surface area contributed by atoms with Crippen LogP contribution in [0.4, 0.5) is 0 Å². The number of rotatable bonds is 5. The minimum Gasteiger partial charge on any atom is -0.472 e. The second-order valence-corrected chi connectivity index (χ2v) is 5.58. The van der Waals surface area contributed by atoms with E-state index in [1.165, 1.54) is 0 Å². The molecule has 0 atom stereocenters. The maximum atomic E-state index is 11.9. The molecule has 4 nitrogen and oxygen atoms in total. The van der Waals surface area contributed by atoms with Crippen LogP contribution >= 0.6 is 11.6 Å². The fourth-order valence-corrected chi connectivity index (χ4v) is 2.29. The summed E-state index contributed by atoms with van der Waals surface area (Å²) in [6, 6.07) is 13.0. The molecule has 5 heteroatoms. The highest BCUT2D eigenvalue weighted by Gasteiger charge is 2.05. The third-order valence-electron chi connectivity index (χ3n) is 3.41. The van der Waals surface area contributed by atoms with Crippen molar-refractivity contribution in [2.75, 3.05) is 0 Å². The predicted octanol–water partition coefficient (Wildman–Crippen LogP) is 3.85. The molecule has 1 N–H and O–H groups in total. The largest absolute Gasteiger partial charge is 0.472 e. The number of aromatic nitrogens is 1. The summed E-state index contributed by atoms with van der Waals surface area (Å²) < 4.78 is 5.04. The Bertz CT molecular complexity index is 766. The molecular weight excluding hydrogens is 312 g/mol. The minimum absolute atomic E-state index is 0.0359. The fraction of sp³-hybridized carbons (Fsp3) is 0.111. The van der Waals surface area contributed by atoms with Gasteiger partial charge in [0.05, 0.1) is 24.6 Å². The van der Waals surface area contributed by atoms with Gasteiger partial charge in [0.15, 0.2) is 0 Å². The number of hydrogen-bond acceptors (Lipinski definition) is 3. The molecule has 0 spiro atoms. The first-order valence-corrected chi connectivity index (χ1v) is 7.57. The molecule has 0 aliphatic heterocycles. The molecule has 0 fully saturated rings. The summed E-state index contributed by atoms with van der Waals surface area (Å²) in [4.78, 5) is 16.3. The second-order valence-electron chi connectivity index (χ2n) is 5.14. The summed E-state index contributed by atoms with van der Waals surface area (Å²) in [5, 5.41) is 3.55. The number of halogens is 1. The number of hydrogen-bond donors (Lipinski definition) is 1. The van der Waals surface area contributed by atoms with Crippen LogP contribution in [0.3, 0.4) is 0 Å². The molecule has 0 saturated heterocycles. The lowest BCUT2D eigenvalue weighted by molar-refractivity contribution is -0.120. The van der Waals surface area contributed by atoms with Gasteiger partial charge in [0.1, 0.15) is 0 Å². The second kappa shape index (κ2) is 7.11. The molecule has 3 rings (SSSR count). The van der Waals surface area contributed by atoms with E-state index in [9.17, 15) is 4.79 Å². The Morgan fingerprint density at radius 3 is 2.52 bits per heavy atom. The van der Waals surface area contributed by atoms with Gasteiger partial charge in [-0.1, -0.05) is 29.8 Å². The molecule has 23 heavy (non-hydrogen) atoms. The summed E-state index contributed by atoms with van der Waals surface area (Å²) in [5.41, 5.74) is 3.65. The van der Waals surface area contributed by atoms with E-state index in [0.717, 1.165) is 22.4 Å². The molecule has 0 aliphatic carbocycles. The van der Waals surface area contributed by atoms with Crippen LogP contribution in [0.15, 0.2) is 65.6 Å². The average molecular weight is 327 g/mol. The van der Waals surface area contributed by atoms with E-state index in [1.807, 2.05) is 30.3 Å². The first kappa shape index (κ1) is 15.3. The lowest BCUT2D eigenvalue weighted by Crippen LogP contribution is -2.24. The first-order chi connectivity index (χ1) is 11.2. The molecule has 0 radical (unpaired) electrons. The summed E-state index contributed by atoms with van der Waals surface area (Å²) in [7, 11) is 0. The number of nitrogens with zero attached hydrogens (tertiary/aromatic N) is 1. The third-order valence-corrected chi connectivity index (χ3v) is 3.66. The lowest BCUT2D eigenvalue weighted by Gasteiger charge is -2.06. The number of carbonyl (C=O) groups is 1. The van der Waals surface area contributed by atoms with Gasteiger partial charge < -0.3 is 9.73 Å². The topological polar surface area (TPSA) is 55.1 Å². The van der Waals surface area contributed by atoms with Gasteiger partial charge in [0.2, 0.25) is 5.91 Å². The van der Waals surface area contributed by atoms with Crippen molar-refractivity contribution in [3.05, 3.63) is 77.3 Å². The lowest BCUT2D eigenvalue weighted by atomic mass is 10.1. The number of nitrogens with one attached hydrogen (secondary N) is 1. The molecule has 1 aromatic carbocycles. The van der Waals surface area contributed by atoms with Gasteiger partial charge in [-0.25, -0.2) is 0 Å². The Balaban J connectivity index is 1.53. The van der Waals surface area contributed by atoms with E-state index in [4.69, 9.17) is 16.0 Å². The Hall–Kier alpha value is -2.59. The molecule has 2 heterocycles. The minimum atomic E-state index is -0.0359. The van der Waals surface area contributed by atoms with Crippen LogP contribution in [0.25, 0.3) is 11.3 Å². The number of amides is 1. The van der Waals surface area contributed by atoms with Crippen LogP contribution in [0.5, 0.6) is 0 Å². The monoisotopic (exact) mass is 326 g/mol. The van der Waals surface area contributed by atoms with E-state index in [1.54, 1.807) is 30.9 Å². The van der Waals surface area contributed by atoms with Crippen molar-refractivity contribution < 1.29 is 9.21 Å². The number of pyridine rings is 1. The molecule has 0 bridgehead atoms. The molecule has 1 amide bonds. The maximum absolute atomic E-state index is 11.9. The molecule has 0 aliphatic rings. The van der Waals surface area contributed by atoms with Crippen molar-refractivity contribution in [1.82, 2.24) is 10.3 Å². The van der Waals surface area contributed by atoms with E-state index >= 15 is 0 Å². The van der Waals surface area contributed by atoms with E-state index in [0.29, 0.717) is 18.0 Å². The Labute approximate surface area is 139 Å². The first-order valence-electron chi connectivity index (χ1n) is 7.19. The van der Waals surface area contributed by atoms with E-state index in [2.05, 4.69) is 10.3 Å². The van der Waals surface area contributed by atoms with Crippen molar-refractivity contribution in [3.8, 4) is 11.3 Å². The maximum Gasteiger partial charge on any atom is 0.224 e. The number of furan rings is 1. The highest BCUT2D eigenvalue weighted by atomic mass is 35.5. The van der Waals surface area contributed by atoms with Gasteiger partial charge >= 0.3 is 0 Å². The summed E-state index contributed by atoms with van der Waals surface area (Å²) in [6.07, 6.45) is 5.35. The Morgan fingerprint density at radius 2 is 1.87 bits per heavy atom. The summed E-state index contributed by atoms with van der Waals surface area (Å²) in [6.45, 7) is 0.449. The normalized spacial score (nSPS) is 10.5.